The highest BCUT2D eigenvalue weighted by atomic mass is 31.0. The van der Waals surface area contributed by atoms with Crippen molar-refractivity contribution in [2.24, 2.45) is 10.7 Å². The molecule has 2 aliphatic rings. The zero-order valence-corrected chi connectivity index (χ0v) is 7.73. The molecule has 3 N–H and O–H groups in total. The third-order valence-corrected chi connectivity index (χ3v) is 2.35. The number of hydrazine groups is 2. The van der Waals surface area contributed by atoms with Crippen LogP contribution in [0, 0.1) is 0 Å². The highest BCUT2D eigenvalue weighted by Gasteiger charge is 2.57. The Balaban J connectivity index is 2.20. The molecule has 2 heterocycles. The molecular weight excluding hydrogens is 161 g/mol. The van der Waals surface area contributed by atoms with Gasteiger partial charge in [0.2, 0.25) is 0 Å². The number of nitrogens with one attached hydrogen (secondary N) is 1. The van der Waals surface area contributed by atoms with Crippen molar-refractivity contribution in [3.8, 4) is 0 Å². The maximum Gasteiger partial charge on any atom is 0.175 e. The molecule has 2 aliphatic heterocycles. The molecular formula is C5H12N5P. The minimum absolute atomic E-state index is 0.0549. The number of fused-ring (bicyclic) bond motifs is 1. The Morgan fingerprint density at radius 2 is 2.27 bits per heavy atom. The van der Waals surface area contributed by atoms with Crippen molar-refractivity contribution >= 4 is 15.6 Å². The van der Waals surface area contributed by atoms with Crippen molar-refractivity contribution < 1.29 is 0 Å². The van der Waals surface area contributed by atoms with Gasteiger partial charge in [-0.2, -0.15) is 5.43 Å². The third-order valence-electron chi connectivity index (χ3n) is 1.84. The maximum atomic E-state index is 5.73. The molecule has 2 rings (SSSR count). The molecule has 62 valence electrons. The summed E-state index contributed by atoms with van der Waals surface area (Å²) in [5.74, 6) is -0.662. The first-order valence-corrected chi connectivity index (χ1v) is 4.02. The standard InChI is InChI=1S/C5H12N5P/c1-4(6)7-3-9-5(2,11)10(9)8-4/h3,8H,6,11H2,1-2H3. The van der Waals surface area contributed by atoms with E-state index in [9.17, 15) is 0 Å². The van der Waals surface area contributed by atoms with Crippen LogP contribution in [0.5, 0.6) is 0 Å². The molecule has 6 heteroatoms. The summed E-state index contributed by atoms with van der Waals surface area (Å²) in [6, 6.07) is 0. The second-order valence-corrected chi connectivity index (χ2v) is 4.35. The molecule has 4 atom stereocenters. The third kappa shape index (κ3) is 0.964. The van der Waals surface area contributed by atoms with Crippen molar-refractivity contribution in [1.82, 2.24) is 15.6 Å². The van der Waals surface area contributed by atoms with Crippen LogP contribution in [0.2, 0.25) is 0 Å². The van der Waals surface area contributed by atoms with Gasteiger partial charge in [-0.05, 0) is 13.8 Å². The van der Waals surface area contributed by atoms with E-state index in [1.54, 1.807) is 6.34 Å². The molecule has 0 aromatic rings. The molecule has 1 fully saturated rings. The predicted molar refractivity (Wildman–Crippen MR) is 46.0 cm³/mol. The summed E-state index contributed by atoms with van der Waals surface area (Å²) in [6.45, 7) is 3.87. The van der Waals surface area contributed by atoms with E-state index in [1.165, 1.54) is 0 Å². The monoisotopic (exact) mass is 173 g/mol. The maximum absolute atomic E-state index is 5.73. The van der Waals surface area contributed by atoms with Gasteiger partial charge in [0, 0.05) is 0 Å². The Labute approximate surface area is 67.8 Å². The van der Waals surface area contributed by atoms with Crippen molar-refractivity contribution in [2.45, 2.75) is 25.0 Å². The molecule has 0 spiro atoms. The molecule has 5 nitrogen and oxygen atoms in total. The largest absolute Gasteiger partial charge is 0.294 e. The summed E-state index contributed by atoms with van der Waals surface area (Å²) in [5, 5.41) is 3.82. The van der Waals surface area contributed by atoms with E-state index in [-0.39, 0.29) is 5.40 Å². The average Bonchev–Trinajstić information content (AvgIpc) is 2.32. The smallest absolute Gasteiger partial charge is 0.175 e. The van der Waals surface area contributed by atoms with E-state index < -0.39 is 5.79 Å². The van der Waals surface area contributed by atoms with Crippen LogP contribution in [-0.4, -0.2) is 27.7 Å². The Morgan fingerprint density at radius 1 is 1.64 bits per heavy atom. The quantitative estimate of drug-likeness (QED) is 0.373. The van der Waals surface area contributed by atoms with Crippen molar-refractivity contribution in [1.29, 1.82) is 0 Å². The zero-order chi connectivity index (χ0) is 8.28. The van der Waals surface area contributed by atoms with E-state index in [1.807, 2.05) is 17.1 Å². The summed E-state index contributed by atoms with van der Waals surface area (Å²) in [5.41, 5.74) is 8.77. The van der Waals surface area contributed by atoms with E-state index in [0.717, 1.165) is 0 Å². The number of hydrogen-bond donors (Lipinski definition) is 2. The first-order chi connectivity index (χ1) is 4.93. The second-order valence-electron chi connectivity index (χ2n) is 3.25. The van der Waals surface area contributed by atoms with Crippen LogP contribution in [0.15, 0.2) is 4.99 Å². The summed E-state index contributed by atoms with van der Waals surface area (Å²) >= 11 is 0. The Kier molecular flexibility index (Phi) is 1.18. The molecule has 1 saturated heterocycles. The Bertz CT molecular complexity index is 223. The van der Waals surface area contributed by atoms with Crippen LogP contribution in [0.4, 0.5) is 0 Å². The summed E-state index contributed by atoms with van der Waals surface area (Å²) < 4.78 is 0. The molecule has 0 aromatic heterocycles. The molecule has 4 unspecified atom stereocenters. The fourth-order valence-electron chi connectivity index (χ4n) is 1.08. The van der Waals surface area contributed by atoms with Gasteiger partial charge in [0.05, 0.1) is 0 Å². The van der Waals surface area contributed by atoms with Crippen LogP contribution >= 0.6 is 9.24 Å². The fourth-order valence-corrected chi connectivity index (χ4v) is 1.39. The lowest BCUT2D eigenvalue weighted by Gasteiger charge is -2.24. The molecule has 0 aliphatic carbocycles. The first-order valence-electron chi connectivity index (χ1n) is 3.44. The number of nitrogens with two attached hydrogens (primary N) is 1. The highest BCUT2D eigenvalue weighted by Crippen LogP contribution is 2.43. The van der Waals surface area contributed by atoms with E-state index >= 15 is 0 Å². The van der Waals surface area contributed by atoms with Gasteiger partial charge in [-0.25, -0.2) is 4.99 Å². The minimum Gasteiger partial charge on any atom is -0.294 e. The Hall–Kier alpha value is -0.220. The summed E-state index contributed by atoms with van der Waals surface area (Å²) in [4.78, 5) is 4.09. The number of aliphatic imine (C=N–C) groups is 1. The van der Waals surface area contributed by atoms with Gasteiger partial charge in [-0.3, -0.25) is 10.7 Å². The lowest BCUT2D eigenvalue weighted by atomic mass is 10.5. The van der Waals surface area contributed by atoms with Crippen LogP contribution in [0.3, 0.4) is 0 Å². The number of nitrogens with zero attached hydrogens (tertiary/aromatic N) is 3. The fraction of sp³-hybridized carbons (Fsp3) is 0.800. The topological polar surface area (TPSA) is 56.4 Å². The Morgan fingerprint density at radius 3 is 2.73 bits per heavy atom. The van der Waals surface area contributed by atoms with Gasteiger partial charge in [0.15, 0.2) is 11.2 Å². The SMILES string of the molecule is CC1(N)N=CN2N(N1)C2(C)P. The van der Waals surface area contributed by atoms with Gasteiger partial charge < -0.3 is 0 Å². The van der Waals surface area contributed by atoms with Gasteiger partial charge in [-0.1, -0.05) is 9.24 Å². The lowest BCUT2D eigenvalue weighted by molar-refractivity contribution is 0.168. The molecule has 11 heavy (non-hydrogen) atoms. The zero-order valence-electron chi connectivity index (χ0n) is 6.57. The molecule has 0 bridgehead atoms. The van der Waals surface area contributed by atoms with E-state index in [0.29, 0.717) is 0 Å². The van der Waals surface area contributed by atoms with Gasteiger partial charge >= 0.3 is 0 Å². The van der Waals surface area contributed by atoms with Crippen molar-refractivity contribution in [3.05, 3.63) is 0 Å². The van der Waals surface area contributed by atoms with Crippen LogP contribution < -0.4 is 11.2 Å². The highest BCUT2D eigenvalue weighted by molar-refractivity contribution is 7.19. The van der Waals surface area contributed by atoms with Gasteiger partial charge in [0.25, 0.3) is 0 Å². The predicted octanol–water partition coefficient (Wildman–Crippen LogP) is -0.753. The van der Waals surface area contributed by atoms with Crippen LogP contribution in [0.1, 0.15) is 13.8 Å². The summed E-state index contributed by atoms with van der Waals surface area (Å²) in [6.07, 6.45) is 1.74. The van der Waals surface area contributed by atoms with Crippen LogP contribution in [0.25, 0.3) is 0 Å². The summed E-state index contributed by atoms with van der Waals surface area (Å²) in [7, 11) is 2.71. The van der Waals surface area contributed by atoms with E-state index in [2.05, 4.69) is 26.6 Å². The minimum atomic E-state index is -0.662. The molecule has 0 saturated carbocycles. The van der Waals surface area contributed by atoms with E-state index in [4.69, 9.17) is 5.73 Å². The first kappa shape index (κ1) is 7.43. The number of hydrogen-bond acceptors (Lipinski definition) is 5. The number of rotatable bonds is 0. The lowest BCUT2D eigenvalue weighted by Crippen LogP contribution is -2.55. The van der Waals surface area contributed by atoms with Gasteiger partial charge in [-0.15, -0.1) is 5.12 Å². The van der Waals surface area contributed by atoms with Gasteiger partial charge in [0.1, 0.15) is 6.34 Å². The normalized spacial score (nSPS) is 54.2. The average molecular weight is 173 g/mol. The molecule has 0 radical (unpaired) electrons. The van der Waals surface area contributed by atoms with Crippen LogP contribution in [-0.2, 0) is 0 Å². The molecule has 0 aromatic carbocycles. The van der Waals surface area contributed by atoms with Crippen molar-refractivity contribution in [3.63, 3.8) is 0 Å². The van der Waals surface area contributed by atoms with Crippen molar-refractivity contribution in [2.75, 3.05) is 0 Å². The molecule has 0 amide bonds. The second kappa shape index (κ2) is 1.75.